The molecule has 3 aromatic carbocycles. The zero-order valence-corrected chi connectivity index (χ0v) is 19.2. The van der Waals surface area contributed by atoms with Gasteiger partial charge in [-0.05, 0) is 31.2 Å². The highest BCUT2D eigenvalue weighted by Gasteiger charge is 2.25. The summed E-state index contributed by atoms with van der Waals surface area (Å²) >= 11 is 0. The molecule has 0 bridgehead atoms. The van der Waals surface area contributed by atoms with E-state index in [0.717, 1.165) is 5.56 Å². The summed E-state index contributed by atoms with van der Waals surface area (Å²) < 4.78 is 15.8. The first-order valence-corrected chi connectivity index (χ1v) is 10.5. The molecule has 1 atom stereocenters. The first kappa shape index (κ1) is 24.3. The van der Waals surface area contributed by atoms with E-state index in [2.05, 4.69) is 10.6 Å². The molecule has 176 valence electrons. The van der Waals surface area contributed by atoms with Gasteiger partial charge in [-0.15, -0.1) is 0 Å². The molecule has 1 unspecified atom stereocenters. The van der Waals surface area contributed by atoms with Crippen molar-refractivity contribution in [2.45, 2.75) is 13.0 Å². The summed E-state index contributed by atoms with van der Waals surface area (Å²) in [6, 6.07) is 20.6. The van der Waals surface area contributed by atoms with Crippen LogP contribution < -0.4 is 20.1 Å². The van der Waals surface area contributed by atoms with Gasteiger partial charge in [-0.1, -0.05) is 48.0 Å². The van der Waals surface area contributed by atoms with E-state index in [1.807, 2.05) is 19.1 Å². The molecule has 0 saturated heterocycles. The smallest absolute Gasteiger partial charge is 0.326 e. The Morgan fingerprint density at radius 2 is 1.47 bits per heavy atom. The molecular weight excluding hydrogens is 436 g/mol. The van der Waals surface area contributed by atoms with Crippen LogP contribution in [0.15, 0.2) is 72.8 Å². The summed E-state index contributed by atoms with van der Waals surface area (Å²) in [5.74, 6) is -0.925. The first-order valence-electron chi connectivity index (χ1n) is 10.5. The van der Waals surface area contributed by atoms with Gasteiger partial charge in [0.1, 0.15) is 18.0 Å². The zero-order chi connectivity index (χ0) is 24.5. The standard InChI is InChI=1S/C26H26N2O6/c1-17-9-11-20(12-10-17)28-26(31)24(18-7-5-4-6-8-18)34-23(29)16-27-25(30)19-13-21(32-2)15-22(14-19)33-3/h4-15,24H,16H2,1-3H3,(H,27,30)(H,28,31). The van der Waals surface area contributed by atoms with E-state index >= 15 is 0 Å². The Morgan fingerprint density at radius 1 is 0.853 bits per heavy atom. The van der Waals surface area contributed by atoms with Crippen molar-refractivity contribution in [3.05, 3.63) is 89.5 Å². The highest BCUT2D eigenvalue weighted by atomic mass is 16.5. The van der Waals surface area contributed by atoms with Crippen molar-refractivity contribution in [1.82, 2.24) is 5.32 Å². The second kappa shape index (κ2) is 11.5. The van der Waals surface area contributed by atoms with Crippen molar-refractivity contribution in [3.8, 4) is 11.5 Å². The van der Waals surface area contributed by atoms with Gasteiger partial charge in [0.05, 0.1) is 14.2 Å². The average molecular weight is 463 g/mol. The lowest BCUT2D eigenvalue weighted by Gasteiger charge is -2.18. The number of rotatable bonds is 9. The van der Waals surface area contributed by atoms with Crippen LogP contribution in [0.2, 0.25) is 0 Å². The molecule has 0 heterocycles. The molecule has 0 aromatic heterocycles. The maximum atomic E-state index is 12.9. The van der Waals surface area contributed by atoms with Crippen LogP contribution in [0.3, 0.4) is 0 Å². The quantitative estimate of drug-likeness (QED) is 0.471. The molecule has 3 aromatic rings. The van der Waals surface area contributed by atoms with E-state index in [1.165, 1.54) is 26.4 Å². The van der Waals surface area contributed by atoms with Gasteiger partial charge >= 0.3 is 5.97 Å². The Hall–Kier alpha value is -4.33. The minimum Gasteiger partial charge on any atom is -0.497 e. The lowest BCUT2D eigenvalue weighted by atomic mass is 10.1. The van der Waals surface area contributed by atoms with Gasteiger partial charge in [-0.25, -0.2) is 0 Å². The van der Waals surface area contributed by atoms with Gasteiger partial charge < -0.3 is 24.8 Å². The Morgan fingerprint density at radius 3 is 2.06 bits per heavy atom. The highest BCUT2D eigenvalue weighted by Crippen LogP contribution is 2.23. The van der Waals surface area contributed by atoms with Gasteiger partial charge in [0.15, 0.2) is 0 Å². The summed E-state index contributed by atoms with van der Waals surface area (Å²) in [6.45, 7) is 1.51. The summed E-state index contributed by atoms with van der Waals surface area (Å²) in [6.07, 6.45) is -1.19. The van der Waals surface area contributed by atoms with Crippen LogP contribution in [0.5, 0.6) is 11.5 Å². The number of anilines is 1. The molecule has 0 aliphatic carbocycles. The second-order valence-corrected chi connectivity index (χ2v) is 7.42. The van der Waals surface area contributed by atoms with Crippen LogP contribution in [0.25, 0.3) is 0 Å². The molecule has 0 radical (unpaired) electrons. The average Bonchev–Trinajstić information content (AvgIpc) is 2.87. The number of ether oxygens (including phenoxy) is 3. The first-order chi connectivity index (χ1) is 16.4. The van der Waals surface area contributed by atoms with E-state index in [0.29, 0.717) is 22.7 Å². The summed E-state index contributed by atoms with van der Waals surface area (Å²) in [4.78, 5) is 38.0. The fraction of sp³-hybridized carbons (Fsp3) is 0.192. The predicted molar refractivity (Wildman–Crippen MR) is 127 cm³/mol. The molecule has 2 amide bonds. The van der Waals surface area contributed by atoms with Crippen molar-refractivity contribution in [2.24, 2.45) is 0 Å². The third-order valence-electron chi connectivity index (χ3n) is 4.92. The molecule has 0 aliphatic heterocycles. The Labute approximate surface area is 197 Å². The Kier molecular flexibility index (Phi) is 8.23. The maximum absolute atomic E-state index is 12.9. The van der Waals surface area contributed by atoms with Crippen molar-refractivity contribution in [3.63, 3.8) is 0 Å². The van der Waals surface area contributed by atoms with E-state index in [1.54, 1.807) is 48.5 Å². The molecule has 0 spiro atoms. The molecular formula is C26H26N2O6. The number of benzene rings is 3. The predicted octanol–water partition coefficient (Wildman–Crippen LogP) is 3.67. The van der Waals surface area contributed by atoms with E-state index in [4.69, 9.17) is 14.2 Å². The number of nitrogens with one attached hydrogen (secondary N) is 2. The summed E-state index contributed by atoms with van der Waals surface area (Å²) in [7, 11) is 2.94. The van der Waals surface area contributed by atoms with Crippen molar-refractivity contribution in [1.29, 1.82) is 0 Å². The number of methoxy groups -OCH3 is 2. The van der Waals surface area contributed by atoms with Crippen LogP contribution in [-0.4, -0.2) is 38.5 Å². The third kappa shape index (κ3) is 6.59. The molecule has 0 fully saturated rings. The number of esters is 1. The van der Waals surface area contributed by atoms with Gasteiger partial charge in [0, 0.05) is 22.9 Å². The molecule has 2 N–H and O–H groups in total. The van der Waals surface area contributed by atoms with Crippen LogP contribution in [-0.2, 0) is 14.3 Å². The SMILES string of the molecule is COc1cc(OC)cc(C(=O)NCC(=O)OC(C(=O)Nc2ccc(C)cc2)c2ccccc2)c1. The highest BCUT2D eigenvalue weighted by molar-refractivity contribution is 5.98. The van der Waals surface area contributed by atoms with Crippen LogP contribution >= 0.6 is 0 Å². The number of carbonyl (C=O) groups is 3. The molecule has 34 heavy (non-hydrogen) atoms. The number of hydrogen-bond donors (Lipinski definition) is 2. The normalized spacial score (nSPS) is 11.1. The van der Waals surface area contributed by atoms with Crippen molar-refractivity contribution < 1.29 is 28.6 Å². The van der Waals surface area contributed by atoms with Gasteiger partial charge in [-0.3, -0.25) is 14.4 Å². The van der Waals surface area contributed by atoms with E-state index in [9.17, 15) is 14.4 Å². The van der Waals surface area contributed by atoms with Crippen LogP contribution in [0, 0.1) is 6.92 Å². The Balaban J connectivity index is 1.68. The van der Waals surface area contributed by atoms with Gasteiger partial charge in [0.25, 0.3) is 11.8 Å². The fourth-order valence-electron chi connectivity index (χ4n) is 3.11. The van der Waals surface area contributed by atoms with Crippen LogP contribution in [0.4, 0.5) is 5.69 Å². The topological polar surface area (TPSA) is 103 Å². The Bertz CT molecular complexity index is 1120. The lowest BCUT2D eigenvalue weighted by molar-refractivity contribution is -0.153. The molecule has 8 heteroatoms. The zero-order valence-electron chi connectivity index (χ0n) is 19.2. The number of aryl methyl sites for hydroxylation is 1. The van der Waals surface area contributed by atoms with Crippen molar-refractivity contribution in [2.75, 3.05) is 26.1 Å². The van der Waals surface area contributed by atoms with E-state index < -0.39 is 30.4 Å². The minimum atomic E-state index is -1.19. The second-order valence-electron chi connectivity index (χ2n) is 7.42. The van der Waals surface area contributed by atoms with Crippen molar-refractivity contribution >= 4 is 23.5 Å². The molecule has 0 aliphatic rings. The minimum absolute atomic E-state index is 0.251. The lowest BCUT2D eigenvalue weighted by Crippen LogP contribution is -2.33. The molecule has 3 rings (SSSR count). The number of amides is 2. The van der Waals surface area contributed by atoms with Gasteiger partial charge in [-0.2, -0.15) is 0 Å². The van der Waals surface area contributed by atoms with Crippen LogP contribution in [0.1, 0.15) is 27.6 Å². The number of carbonyl (C=O) groups excluding carboxylic acids is 3. The van der Waals surface area contributed by atoms with E-state index in [-0.39, 0.29) is 5.56 Å². The summed E-state index contributed by atoms with van der Waals surface area (Å²) in [5.41, 5.74) is 2.38. The largest absolute Gasteiger partial charge is 0.497 e. The fourth-order valence-corrected chi connectivity index (χ4v) is 3.11. The van der Waals surface area contributed by atoms with Gasteiger partial charge in [0.2, 0.25) is 6.10 Å². The monoisotopic (exact) mass is 462 g/mol. The molecule has 0 saturated carbocycles. The number of hydrogen-bond acceptors (Lipinski definition) is 6. The maximum Gasteiger partial charge on any atom is 0.326 e. The third-order valence-corrected chi connectivity index (χ3v) is 4.92. The molecule has 8 nitrogen and oxygen atoms in total. The summed E-state index contributed by atoms with van der Waals surface area (Å²) in [5, 5.41) is 5.25.